The molecule has 1 saturated heterocycles. The van der Waals surface area contributed by atoms with Crippen molar-refractivity contribution in [3.63, 3.8) is 0 Å². The summed E-state index contributed by atoms with van der Waals surface area (Å²) in [6.07, 6.45) is 1.59. The summed E-state index contributed by atoms with van der Waals surface area (Å²) < 4.78 is 0. The molecule has 0 bridgehead atoms. The summed E-state index contributed by atoms with van der Waals surface area (Å²) in [4.78, 5) is 35.3. The van der Waals surface area contributed by atoms with E-state index in [1.165, 1.54) is 0 Å². The largest absolute Gasteiger partial charge is 0.322 e. The van der Waals surface area contributed by atoms with E-state index in [4.69, 9.17) is 11.6 Å². The fraction of sp³-hybridized carbons (Fsp3) is 0. The minimum Gasteiger partial charge on any atom is -0.322 e. The average Bonchev–Trinajstić information content (AvgIpc) is 2.85. The van der Waals surface area contributed by atoms with Crippen molar-refractivity contribution < 1.29 is 14.4 Å². The van der Waals surface area contributed by atoms with Crippen LogP contribution >= 0.6 is 23.4 Å². The molecule has 0 radical (unpaired) electrons. The molecule has 1 aliphatic rings. The lowest BCUT2D eigenvalue weighted by Crippen LogP contribution is -2.17. The van der Waals surface area contributed by atoms with Crippen LogP contribution in [-0.2, 0) is 4.79 Å². The molecular weight excluding hydrogens is 348 g/mol. The van der Waals surface area contributed by atoms with E-state index < -0.39 is 11.1 Å². The maximum Gasteiger partial charge on any atom is 0.290 e. The third kappa shape index (κ3) is 3.67. The van der Waals surface area contributed by atoms with E-state index >= 15 is 0 Å². The number of carbonyl (C=O) groups is 3. The van der Waals surface area contributed by atoms with Crippen LogP contribution in [0.3, 0.4) is 0 Å². The van der Waals surface area contributed by atoms with Gasteiger partial charge in [0.25, 0.3) is 17.1 Å². The highest BCUT2D eigenvalue weighted by atomic mass is 35.5. The molecule has 2 aromatic carbocycles. The Labute approximate surface area is 147 Å². The van der Waals surface area contributed by atoms with Crippen molar-refractivity contribution in [3.05, 3.63) is 69.6 Å². The second-order valence-electron chi connectivity index (χ2n) is 4.91. The Morgan fingerprint density at radius 3 is 2.62 bits per heavy atom. The molecule has 0 aliphatic carbocycles. The number of hydrogen-bond donors (Lipinski definition) is 2. The summed E-state index contributed by atoms with van der Waals surface area (Å²) in [6.45, 7) is 0. The number of halogens is 1. The summed E-state index contributed by atoms with van der Waals surface area (Å²) in [5.74, 6) is -0.746. The lowest BCUT2D eigenvalue weighted by Gasteiger charge is -2.07. The molecule has 1 heterocycles. The van der Waals surface area contributed by atoms with Gasteiger partial charge < -0.3 is 5.32 Å². The molecular formula is C17H11ClN2O3S. The standard InChI is InChI=1S/C17H11ClN2O3S/c18-13-7-2-1-6-12(13)15(21)19-11-5-3-4-10(8-11)9-14-16(22)20-17(23)24-14/h1-9H,(H,19,21)(H,20,22,23)/b14-9-. The quantitative estimate of drug-likeness (QED) is 0.815. The molecule has 0 atom stereocenters. The predicted molar refractivity (Wildman–Crippen MR) is 95.0 cm³/mol. The zero-order chi connectivity index (χ0) is 17.1. The van der Waals surface area contributed by atoms with Crippen molar-refractivity contribution in [2.24, 2.45) is 0 Å². The number of benzene rings is 2. The summed E-state index contributed by atoms with van der Waals surface area (Å²) >= 11 is 6.85. The van der Waals surface area contributed by atoms with Gasteiger partial charge in [-0.15, -0.1) is 0 Å². The third-order valence-electron chi connectivity index (χ3n) is 3.20. The summed E-state index contributed by atoms with van der Waals surface area (Å²) in [5, 5.41) is 4.92. The number of nitrogens with one attached hydrogen (secondary N) is 2. The van der Waals surface area contributed by atoms with E-state index in [2.05, 4.69) is 10.6 Å². The van der Waals surface area contributed by atoms with Crippen molar-refractivity contribution in [1.82, 2.24) is 5.32 Å². The normalized spacial score (nSPS) is 15.5. The highest BCUT2D eigenvalue weighted by Gasteiger charge is 2.24. The number of carbonyl (C=O) groups excluding carboxylic acids is 3. The van der Waals surface area contributed by atoms with E-state index in [9.17, 15) is 14.4 Å². The van der Waals surface area contributed by atoms with Crippen LogP contribution in [-0.4, -0.2) is 17.1 Å². The highest BCUT2D eigenvalue weighted by Crippen LogP contribution is 2.26. The number of rotatable bonds is 3. The van der Waals surface area contributed by atoms with Crippen LogP contribution in [0.1, 0.15) is 15.9 Å². The van der Waals surface area contributed by atoms with Gasteiger partial charge in [-0.1, -0.05) is 35.9 Å². The smallest absolute Gasteiger partial charge is 0.290 e. The van der Waals surface area contributed by atoms with Crippen LogP contribution in [0, 0.1) is 0 Å². The molecule has 0 saturated carbocycles. The topological polar surface area (TPSA) is 75.3 Å². The lowest BCUT2D eigenvalue weighted by molar-refractivity contribution is -0.115. The van der Waals surface area contributed by atoms with Crippen LogP contribution in [0.5, 0.6) is 0 Å². The van der Waals surface area contributed by atoms with Gasteiger partial charge in [0.05, 0.1) is 15.5 Å². The predicted octanol–water partition coefficient (Wildman–Crippen LogP) is 3.92. The molecule has 2 aromatic rings. The second kappa shape index (κ2) is 6.90. The van der Waals surface area contributed by atoms with E-state index in [1.54, 1.807) is 54.6 Å². The van der Waals surface area contributed by atoms with Crippen LogP contribution in [0.2, 0.25) is 5.02 Å². The molecule has 2 N–H and O–H groups in total. The fourth-order valence-corrected chi connectivity index (χ4v) is 3.03. The van der Waals surface area contributed by atoms with E-state index in [0.29, 0.717) is 26.7 Å². The summed E-state index contributed by atoms with van der Waals surface area (Å²) in [6, 6.07) is 13.7. The fourth-order valence-electron chi connectivity index (χ4n) is 2.12. The Balaban J connectivity index is 1.80. The second-order valence-corrected chi connectivity index (χ2v) is 6.33. The van der Waals surface area contributed by atoms with Crippen molar-refractivity contribution in [1.29, 1.82) is 0 Å². The van der Waals surface area contributed by atoms with Gasteiger partial charge in [-0.05, 0) is 47.7 Å². The van der Waals surface area contributed by atoms with Gasteiger partial charge in [-0.2, -0.15) is 0 Å². The molecule has 24 heavy (non-hydrogen) atoms. The molecule has 0 aromatic heterocycles. The average molecular weight is 359 g/mol. The van der Waals surface area contributed by atoms with E-state index in [1.807, 2.05) is 0 Å². The van der Waals surface area contributed by atoms with Gasteiger partial charge in [-0.3, -0.25) is 19.7 Å². The van der Waals surface area contributed by atoms with Crippen molar-refractivity contribution in [3.8, 4) is 0 Å². The third-order valence-corrected chi connectivity index (χ3v) is 4.34. The van der Waals surface area contributed by atoms with Crippen molar-refractivity contribution in [2.45, 2.75) is 0 Å². The maximum absolute atomic E-state index is 12.3. The minimum absolute atomic E-state index is 0.314. The molecule has 7 heteroatoms. The molecule has 1 aliphatic heterocycles. The number of amides is 3. The first-order valence-electron chi connectivity index (χ1n) is 6.94. The Morgan fingerprint density at radius 2 is 1.92 bits per heavy atom. The minimum atomic E-state index is -0.421. The highest BCUT2D eigenvalue weighted by molar-refractivity contribution is 8.18. The first-order chi connectivity index (χ1) is 11.5. The van der Waals surface area contributed by atoms with Gasteiger partial charge in [0.15, 0.2) is 0 Å². The Bertz CT molecular complexity index is 880. The first kappa shape index (κ1) is 16.3. The van der Waals surface area contributed by atoms with Gasteiger partial charge in [0.1, 0.15) is 0 Å². The van der Waals surface area contributed by atoms with Crippen LogP contribution in [0.4, 0.5) is 10.5 Å². The lowest BCUT2D eigenvalue weighted by atomic mass is 10.1. The Morgan fingerprint density at radius 1 is 1.12 bits per heavy atom. The van der Waals surface area contributed by atoms with Crippen LogP contribution in [0.15, 0.2) is 53.4 Å². The summed E-state index contributed by atoms with van der Waals surface area (Å²) in [7, 11) is 0. The number of thioether (sulfide) groups is 1. The maximum atomic E-state index is 12.3. The monoisotopic (exact) mass is 358 g/mol. The van der Waals surface area contributed by atoms with Gasteiger partial charge in [0, 0.05) is 5.69 Å². The SMILES string of the molecule is O=C1NC(=O)/C(=C/c2cccc(NC(=O)c3ccccc3Cl)c2)S1. The number of hydrogen-bond acceptors (Lipinski definition) is 4. The van der Waals surface area contributed by atoms with Crippen molar-refractivity contribution in [2.75, 3.05) is 5.32 Å². The molecule has 0 unspecified atom stereocenters. The van der Waals surface area contributed by atoms with E-state index in [-0.39, 0.29) is 5.91 Å². The Kier molecular flexibility index (Phi) is 4.69. The zero-order valence-electron chi connectivity index (χ0n) is 12.2. The van der Waals surface area contributed by atoms with Crippen molar-refractivity contribution >= 4 is 52.2 Å². The van der Waals surface area contributed by atoms with Gasteiger partial charge in [-0.25, -0.2) is 0 Å². The van der Waals surface area contributed by atoms with Crippen LogP contribution in [0.25, 0.3) is 6.08 Å². The van der Waals surface area contributed by atoms with Crippen LogP contribution < -0.4 is 10.6 Å². The van der Waals surface area contributed by atoms with Gasteiger partial charge >= 0.3 is 0 Å². The Hall–Kier alpha value is -2.57. The first-order valence-corrected chi connectivity index (χ1v) is 8.13. The number of imide groups is 1. The molecule has 1 fully saturated rings. The molecule has 3 rings (SSSR count). The van der Waals surface area contributed by atoms with Gasteiger partial charge in [0.2, 0.25) is 0 Å². The number of anilines is 1. The molecule has 3 amide bonds. The summed E-state index contributed by atoms with van der Waals surface area (Å²) in [5.41, 5.74) is 1.63. The zero-order valence-corrected chi connectivity index (χ0v) is 13.8. The molecule has 5 nitrogen and oxygen atoms in total. The van der Waals surface area contributed by atoms with E-state index in [0.717, 1.165) is 11.8 Å². The molecule has 0 spiro atoms. The molecule has 120 valence electrons.